The largest absolute Gasteiger partial charge is 0.457 e. The van der Waals surface area contributed by atoms with Crippen LogP contribution in [0.1, 0.15) is 17.5 Å². The number of hydrogen-bond acceptors (Lipinski definition) is 2. The van der Waals surface area contributed by atoms with E-state index in [-0.39, 0.29) is 0 Å². The Bertz CT molecular complexity index is 753. The van der Waals surface area contributed by atoms with E-state index in [1.807, 2.05) is 54.6 Å². The number of benzene rings is 3. The monoisotopic (exact) mass is 303 g/mol. The van der Waals surface area contributed by atoms with E-state index in [1.165, 1.54) is 11.1 Å². The van der Waals surface area contributed by atoms with Crippen molar-refractivity contribution in [1.29, 1.82) is 0 Å². The van der Waals surface area contributed by atoms with E-state index < -0.39 is 0 Å². The summed E-state index contributed by atoms with van der Waals surface area (Å²) >= 11 is 0. The molecular formula is C21H21NO. The van der Waals surface area contributed by atoms with Gasteiger partial charge in [0.2, 0.25) is 0 Å². The zero-order valence-electron chi connectivity index (χ0n) is 13.1. The minimum atomic E-state index is 0.834. The lowest BCUT2D eigenvalue weighted by Crippen LogP contribution is -1.93. The summed E-state index contributed by atoms with van der Waals surface area (Å²) in [4.78, 5) is 0. The maximum atomic E-state index is 5.88. The summed E-state index contributed by atoms with van der Waals surface area (Å²) in [7, 11) is 0. The average molecular weight is 303 g/mol. The molecule has 2 N–H and O–H groups in total. The fraction of sp³-hybridized carbons (Fsp3) is 0.143. The molecule has 0 amide bonds. The van der Waals surface area contributed by atoms with E-state index in [9.17, 15) is 0 Å². The van der Waals surface area contributed by atoms with E-state index in [4.69, 9.17) is 10.5 Å². The van der Waals surface area contributed by atoms with Crippen molar-refractivity contribution < 1.29 is 4.74 Å². The van der Waals surface area contributed by atoms with Gasteiger partial charge in [0.05, 0.1) is 0 Å². The summed E-state index contributed by atoms with van der Waals surface area (Å²) in [6.45, 7) is 0. The highest BCUT2D eigenvalue weighted by atomic mass is 16.5. The van der Waals surface area contributed by atoms with Crippen molar-refractivity contribution in [3.63, 3.8) is 0 Å². The molecule has 3 rings (SSSR count). The summed E-state index contributed by atoms with van der Waals surface area (Å²) < 4.78 is 5.88. The van der Waals surface area contributed by atoms with Crippen LogP contribution in [-0.4, -0.2) is 0 Å². The van der Waals surface area contributed by atoms with Crippen LogP contribution < -0.4 is 10.5 Å². The van der Waals surface area contributed by atoms with Crippen molar-refractivity contribution in [2.45, 2.75) is 19.3 Å². The van der Waals surface area contributed by atoms with Gasteiger partial charge in [-0.1, -0.05) is 42.5 Å². The van der Waals surface area contributed by atoms with Crippen LogP contribution in [0.3, 0.4) is 0 Å². The van der Waals surface area contributed by atoms with Gasteiger partial charge in [0.1, 0.15) is 11.5 Å². The van der Waals surface area contributed by atoms with E-state index in [0.29, 0.717) is 0 Å². The molecule has 0 fully saturated rings. The van der Waals surface area contributed by atoms with Gasteiger partial charge < -0.3 is 10.5 Å². The normalized spacial score (nSPS) is 10.4. The molecule has 0 spiro atoms. The number of aryl methyl sites for hydroxylation is 2. The molecule has 0 heterocycles. The molecule has 3 aromatic carbocycles. The average Bonchev–Trinajstić information content (AvgIpc) is 2.56. The van der Waals surface area contributed by atoms with Gasteiger partial charge in [-0.3, -0.25) is 0 Å². The summed E-state index contributed by atoms with van der Waals surface area (Å²) in [6, 6.07) is 26.3. The Kier molecular flexibility index (Phi) is 4.95. The van der Waals surface area contributed by atoms with Crippen molar-refractivity contribution >= 4 is 5.69 Å². The molecule has 0 unspecified atom stereocenters. The van der Waals surface area contributed by atoms with Crippen molar-refractivity contribution in [1.82, 2.24) is 0 Å². The van der Waals surface area contributed by atoms with Gasteiger partial charge in [-0.25, -0.2) is 0 Å². The molecule has 0 radical (unpaired) electrons. The van der Waals surface area contributed by atoms with Crippen LogP contribution in [0.4, 0.5) is 5.69 Å². The second-order valence-electron chi connectivity index (χ2n) is 5.66. The molecule has 2 nitrogen and oxygen atoms in total. The molecule has 23 heavy (non-hydrogen) atoms. The molecule has 0 aromatic heterocycles. The first-order chi connectivity index (χ1) is 11.3. The Hall–Kier alpha value is -2.74. The summed E-state index contributed by atoms with van der Waals surface area (Å²) in [6.07, 6.45) is 3.16. The number of nitrogens with two attached hydrogens (primary N) is 1. The van der Waals surface area contributed by atoms with E-state index in [1.54, 1.807) is 0 Å². The highest BCUT2D eigenvalue weighted by Gasteiger charge is 2.00. The second kappa shape index (κ2) is 7.50. The van der Waals surface area contributed by atoms with Crippen LogP contribution in [0.2, 0.25) is 0 Å². The molecule has 0 saturated carbocycles. The second-order valence-corrected chi connectivity index (χ2v) is 5.66. The molecule has 0 aliphatic rings. The highest BCUT2D eigenvalue weighted by molar-refractivity contribution is 5.40. The topological polar surface area (TPSA) is 35.2 Å². The predicted molar refractivity (Wildman–Crippen MR) is 95.8 cm³/mol. The molecule has 2 heteroatoms. The van der Waals surface area contributed by atoms with Crippen LogP contribution in [0, 0.1) is 0 Å². The van der Waals surface area contributed by atoms with Crippen LogP contribution in [0.25, 0.3) is 0 Å². The third-order valence-corrected chi connectivity index (χ3v) is 3.76. The number of anilines is 1. The van der Waals surface area contributed by atoms with Gasteiger partial charge in [0, 0.05) is 5.69 Å². The Morgan fingerprint density at radius 1 is 0.652 bits per heavy atom. The number of nitrogen functional groups attached to an aromatic ring is 1. The first-order valence-electron chi connectivity index (χ1n) is 7.96. The van der Waals surface area contributed by atoms with Gasteiger partial charge in [-0.2, -0.15) is 0 Å². The lowest BCUT2D eigenvalue weighted by molar-refractivity contribution is 0.482. The molecular weight excluding hydrogens is 282 g/mol. The summed E-state index contributed by atoms with van der Waals surface area (Å²) in [5, 5.41) is 0. The van der Waals surface area contributed by atoms with Crippen molar-refractivity contribution in [2.75, 3.05) is 5.73 Å². The van der Waals surface area contributed by atoms with Crippen LogP contribution >= 0.6 is 0 Å². The first kappa shape index (κ1) is 15.2. The standard InChI is InChI=1S/C21H21NO/c22-19-11-5-9-17(15-19)7-4-8-18-10-6-14-21(16-18)23-20-12-2-1-3-13-20/h1-3,5-6,9-16H,4,7-8,22H2. The predicted octanol–water partition coefficient (Wildman–Crippen LogP) is 5.24. The Morgan fingerprint density at radius 2 is 1.30 bits per heavy atom. The lowest BCUT2D eigenvalue weighted by atomic mass is 10.0. The van der Waals surface area contributed by atoms with Gasteiger partial charge in [0.25, 0.3) is 0 Å². The molecule has 0 saturated heterocycles. The minimum absolute atomic E-state index is 0.834. The fourth-order valence-corrected chi connectivity index (χ4v) is 2.63. The molecule has 0 bridgehead atoms. The minimum Gasteiger partial charge on any atom is -0.457 e. The Labute approximate surface area is 137 Å². The van der Waals surface area contributed by atoms with Crippen molar-refractivity contribution in [3.8, 4) is 11.5 Å². The SMILES string of the molecule is Nc1cccc(CCCc2cccc(Oc3ccccc3)c2)c1. The maximum absolute atomic E-state index is 5.88. The number of hydrogen-bond donors (Lipinski definition) is 1. The number of para-hydroxylation sites is 1. The van der Waals surface area contributed by atoms with Gasteiger partial charge >= 0.3 is 0 Å². The molecule has 116 valence electrons. The van der Waals surface area contributed by atoms with Crippen LogP contribution in [-0.2, 0) is 12.8 Å². The van der Waals surface area contributed by atoms with Crippen LogP contribution in [0.5, 0.6) is 11.5 Å². The quantitative estimate of drug-likeness (QED) is 0.632. The third kappa shape index (κ3) is 4.62. The van der Waals surface area contributed by atoms with Gasteiger partial charge in [-0.15, -0.1) is 0 Å². The third-order valence-electron chi connectivity index (χ3n) is 3.76. The number of ether oxygens (including phenoxy) is 1. The highest BCUT2D eigenvalue weighted by Crippen LogP contribution is 2.22. The van der Waals surface area contributed by atoms with Crippen molar-refractivity contribution in [3.05, 3.63) is 90.0 Å². The Morgan fingerprint density at radius 3 is 2.04 bits per heavy atom. The Balaban J connectivity index is 1.57. The molecule has 0 aliphatic heterocycles. The van der Waals surface area contributed by atoms with E-state index in [2.05, 4.69) is 24.3 Å². The van der Waals surface area contributed by atoms with E-state index >= 15 is 0 Å². The first-order valence-corrected chi connectivity index (χ1v) is 7.96. The van der Waals surface area contributed by atoms with Crippen molar-refractivity contribution in [2.24, 2.45) is 0 Å². The zero-order chi connectivity index (χ0) is 15.9. The number of rotatable bonds is 6. The van der Waals surface area contributed by atoms with Crippen LogP contribution in [0.15, 0.2) is 78.9 Å². The summed E-state index contributed by atoms with van der Waals surface area (Å²) in [5.41, 5.74) is 9.24. The molecule has 0 aliphatic carbocycles. The van der Waals surface area contributed by atoms with E-state index in [0.717, 1.165) is 36.4 Å². The fourth-order valence-electron chi connectivity index (χ4n) is 2.63. The zero-order valence-corrected chi connectivity index (χ0v) is 13.1. The maximum Gasteiger partial charge on any atom is 0.127 e. The van der Waals surface area contributed by atoms with Gasteiger partial charge in [-0.05, 0) is 66.8 Å². The smallest absolute Gasteiger partial charge is 0.127 e. The van der Waals surface area contributed by atoms with Gasteiger partial charge in [0.15, 0.2) is 0 Å². The lowest BCUT2D eigenvalue weighted by Gasteiger charge is -2.08. The molecule has 0 atom stereocenters. The molecule has 3 aromatic rings. The summed E-state index contributed by atoms with van der Waals surface area (Å²) in [5.74, 6) is 1.75.